The van der Waals surface area contributed by atoms with E-state index in [-0.39, 0.29) is 37.0 Å². The Labute approximate surface area is 256 Å². The molecule has 0 spiro atoms. The van der Waals surface area contributed by atoms with Gasteiger partial charge >= 0.3 is 5.97 Å². The molecule has 43 heavy (non-hydrogen) atoms. The highest BCUT2D eigenvalue weighted by molar-refractivity contribution is 6.00. The van der Waals surface area contributed by atoms with E-state index in [1.54, 1.807) is 27.9 Å². The third-order valence-corrected chi connectivity index (χ3v) is 10.5. The number of rotatable bonds is 7. The Bertz CT molecular complexity index is 1000. The van der Waals surface area contributed by atoms with E-state index in [4.69, 9.17) is 23.7 Å². The zero-order valence-electron chi connectivity index (χ0n) is 27.9. The fraction of sp³-hybridized carbons (Fsp3) is 0.906. The highest BCUT2D eigenvalue weighted by Crippen LogP contribution is 2.54. The first-order chi connectivity index (χ1) is 19.9. The van der Waals surface area contributed by atoms with E-state index >= 15 is 0 Å². The Hall–Kier alpha value is -1.47. The number of methoxy groups -OCH3 is 1. The summed E-state index contributed by atoms with van der Waals surface area (Å²) < 4.78 is 30.9. The number of carbonyl (C=O) groups excluding carboxylic acids is 3. The van der Waals surface area contributed by atoms with Crippen molar-refractivity contribution in [3.05, 3.63) is 0 Å². The number of aliphatic hydroxyl groups is 2. The van der Waals surface area contributed by atoms with Crippen LogP contribution in [0.3, 0.4) is 0 Å². The van der Waals surface area contributed by atoms with E-state index in [1.165, 1.54) is 6.92 Å². The predicted molar refractivity (Wildman–Crippen MR) is 158 cm³/mol. The van der Waals surface area contributed by atoms with Crippen molar-refractivity contribution in [3.63, 3.8) is 0 Å². The van der Waals surface area contributed by atoms with Crippen LogP contribution in [0.5, 0.6) is 0 Å². The first-order valence-electron chi connectivity index (χ1n) is 15.7. The van der Waals surface area contributed by atoms with Gasteiger partial charge in [-0.2, -0.15) is 0 Å². The lowest BCUT2D eigenvalue weighted by Crippen LogP contribution is -2.59. The number of epoxide rings is 1. The summed E-state index contributed by atoms with van der Waals surface area (Å²) >= 11 is 0. The van der Waals surface area contributed by atoms with Gasteiger partial charge in [0.05, 0.1) is 29.5 Å². The first-order valence-corrected chi connectivity index (χ1v) is 15.7. The predicted octanol–water partition coefficient (Wildman–Crippen LogP) is 2.52. The van der Waals surface area contributed by atoms with Crippen molar-refractivity contribution >= 4 is 18.0 Å². The highest BCUT2D eigenvalue weighted by Gasteiger charge is 2.66. The number of fused-ring (bicyclic) bond motifs is 1. The van der Waals surface area contributed by atoms with Crippen molar-refractivity contribution in [1.82, 2.24) is 4.90 Å². The summed E-state index contributed by atoms with van der Waals surface area (Å²) in [7, 11) is 5.32. The van der Waals surface area contributed by atoms with Crippen molar-refractivity contribution in [2.75, 3.05) is 21.2 Å². The number of aldehydes is 1. The van der Waals surface area contributed by atoms with Crippen LogP contribution in [0, 0.1) is 23.7 Å². The summed E-state index contributed by atoms with van der Waals surface area (Å²) in [6.45, 7) is 14.2. The molecule has 11 nitrogen and oxygen atoms in total. The summed E-state index contributed by atoms with van der Waals surface area (Å²) in [5.41, 5.74) is -3.55. The minimum Gasteiger partial charge on any atom is -0.459 e. The summed E-state index contributed by atoms with van der Waals surface area (Å²) in [6.07, 6.45) is -2.46. The average Bonchev–Trinajstić information content (AvgIpc) is 3.64. The quantitative estimate of drug-likeness (QED) is 0.189. The molecule has 3 saturated heterocycles. The van der Waals surface area contributed by atoms with Gasteiger partial charge in [-0.1, -0.05) is 20.8 Å². The zero-order chi connectivity index (χ0) is 32.7. The molecular formula is C32H55NO10. The Balaban J connectivity index is 2.08. The molecule has 0 aromatic carbocycles. The van der Waals surface area contributed by atoms with Crippen LogP contribution in [-0.4, -0.2) is 114 Å². The molecule has 0 aromatic rings. The van der Waals surface area contributed by atoms with Crippen LogP contribution < -0.4 is 0 Å². The molecular weight excluding hydrogens is 558 g/mol. The van der Waals surface area contributed by atoms with Crippen molar-refractivity contribution in [2.24, 2.45) is 23.7 Å². The van der Waals surface area contributed by atoms with Crippen LogP contribution >= 0.6 is 0 Å². The number of esters is 1. The molecule has 0 amide bonds. The van der Waals surface area contributed by atoms with Crippen LogP contribution in [0.25, 0.3) is 0 Å². The molecule has 3 aliphatic rings. The standard InChI is InChI=1S/C32H55NO10/c1-12-23-31(7,38)22(13-14-34)32(8)26(43-32)17(2)16-30(6,39-11)27(19(4)24(35)20(5)28(37)41-23)42-29-25(36)21(33(9)10)15-18(3)40-29/h14,17-23,25-27,29,36,38H,12-13,15-16H2,1-11H3/t17-,18-,19+,20?,21+,22+,23-,25-,26?,27-,29+,30-,31+,32?/m1/s1. The van der Waals surface area contributed by atoms with Gasteiger partial charge < -0.3 is 43.6 Å². The maximum atomic E-state index is 13.9. The van der Waals surface area contributed by atoms with E-state index in [9.17, 15) is 24.6 Å². The van der Waals surface area contributed by atoms with Crippen molar-refractivity contribution < 1.29 is 48.3 Å². The second-order valence-corrected chi connectivity index (χ2v) is 14.0. The molecule has 0 aromatic heterocycles. The number of hydrogen-bond donors (Lipinski definition) is 2. The molecule has 14 atom stereocenters. The number of likely N-dealkylation sites (N-methyl/N-ethyl adjacent to an activating group) is 1. The molecule has 11 heteroatoms. The van der Waals surface area contributed by atoms with E-state index in [1.807, 2.05) is 46.7 Å². The van der Waals surface area contributed by atoms with Crippen LogP contribution in [-0.2, 0) is 38.1 Å². The molecule has 0 saturated carbocycles. The number of nitrogens with zero attached hydrogens (tertiary/aromatic N) is 1. The molecule has 3 rings (SSSR count). The van der Waals surface area contributed by atoms with E-state index in [0.717, 1.165) is 6.29 Å². The van der Waals surface area contributed by atoms with Gasteiger partial charge in [0.25, 0.3) is 0 Å². The molecule has 3 aliphatic heterocycles. The van der Waals surface area contributed by atoms with Gasteiger partial charge in [-0.15, -0.1) is 0 Å². The first kappa shape index (κ1) is 36.0. The molecule has 3 fully saturated rings. The second kappa shape index (κ2) is 13.5. The van der Waals surface area contributed by atoms with E-state index in [2.05, 4.69) is 0 Å². The van der Waals surface area contributed by atoms with Gasteiger partial charge in [-0.3, -0.25) is 9.59 Å². The van der Waals surface area contributed by atoms with Crippen LogP contribution in [0.1, 0.15) is 81.1 Å². The summed E-state index contributed by atoms with van der Waals surface area (Å²) in [5, 5.41) is 23.1. The number of hydrogen-bond acceptors (Lipinski definition) is 11. The third kappa shape index (κ3) is 7.03. The number of ether oxygens (including phenoxy) is 5. The van der Waals surface area contributed by atoms with Crippen molar-refractivity contribution in [1.29, 1.82) is 0 Å². The monoisotopic (exact) mass is 613 g/mol. The second-order valence-electron chi connectivity index (χ2n) is 14.0. The molecule has 0 aliphatic carbocycles. The number of Topliss-reactive ketones (excluding diaryl/α,β-unsaturated/α-hetero) is 1. The highest BCUT2D eigenvalue weighted by atomic mass is 16.7. The Morgan fingerprint density at radius 1 is 1.12 bits per heavy atom. The average molecular weight is 614 g/mol. The van der Waals surface area contributed by atoms with Gasteiger partial charge in [0.2, 0.25) is 0 Å². The van der Waals surface area contributed by atoms with E-state index in [0.29, 0.717) is 12.8 Å². The fourth-order valence-electron chi connectivity index (χ4n) is 7.74. The lowest BCUT2D eigenvalue weighted by Gasteiger charge is -2.47. The van der Waals surface area contributed by atoms with Crippen molar-refractivity contribution in [2.45, 2.75) is 141 Å². The number of cyclic esters (lactones) is 1. The van der Waals surface area contributed by atoms with Gasteiger partial charge in [-0.05, 0) is 73.9 Å². The van der Waals surface area contributed by atoms with Gasteiger partial charge in [0, 0.05) is 31.4 Å². The molecule has 3 unspecified atom stereocenters. The molecule has 0 bridgehead atoms. The summed E-state index contributed by atoms with van der Waals surface area (Å²) in [6, 6.07) is -0.228. The minimum absolute atomic E-state index is 0.00169. The topological polar surface area (TPSA) is 144 Å². The minimum atomic E-state index is -1.60. The number of carbonyl (C=O) groups is 3. The zero-order valence-corrected chi connectivity index (χ0v) is 27.9. The largest absolute Gasteiger partial charge is 0.459 e. The normalized spacial score (nSPS) is 48.3. The third-order valence-electron chi connectivity index (χ3n) is 10.5. The SMILES string of the molecule is CC[C@H]1OC(=O)C(C)C(=O)[C@H](C)[C@@H](O[C@@H]2O[C@H](C)C[C@H](N(C)C)[C@H]2O)[C@](C)(OC)C[C@@H](C)C2OC2(C)[C@@H](CC=O)[C@]1(C)O. The van der Waals surface area contributed by atoms with Gasteiger partial charge in [0.15, 0.2) is 12.1 Å². The maximum absolute atomic E-state index is 13.9. The lowest BCUT2D eigenvalue weighted by atomic mass is 9.70. The Morgan fingerprint density at radius 2 is 1.74 bits per heavy atom. The smallest absolute Gasteiger partial charge is 0.316 e. The van der Waals surface area contributed by atoms with Gasteiger partial charge in [0.1, 0.15) is 30.0 Å². The molecule has 0 radical (unpaired) electrons. The fourth-order valence-corrected chi connectivity index (χ4v) is 7.74. The van der Waals surface area contributed by atoms with Crippen LogP contribution in [0.4, 0.5) is 0 Å². The maximum Gasteiger partial charge on any atom is 0.316 e. The lowest BCUT2D eigenvalue weighted by molar-refractivity contribution is -0.295. The summed E-state index contributed by atoms with van der Waals surface area (Å²) in [5.74, 6) is -4.05. The van der Waals surface area contributed by atoms with E-state index < -0.39 is 70.9 Å². The van der Waals surface area contributed by atoms with Crippen molar-refractivity contribution in [3.8, 4) is 0 Å². The summed E-state index contributed by atoms with van der Waals surface area (Å²) in [4.78, 5) is 41.1. The van der Waals surface area contributed by atoms with Crippen LogP contribution in [0.15, 0.2) is 0 Å². The molecule has 2 N–H and O–H groups in total. The van der Waals surface area contributed by atoms with Gasteiger partial charge in [-0.25, -0.2) is 0 Å². The Kier molecular flexibility index (Phi) is 11.3. The van der Waals surface area contributed by atoms with Crippen LogP contribution in [0.2, 0.25) is 0 Å². The molecule has 3 heterocycles. The number of aliphatic hydroxyl groups excluding tert-OH is 1. The number of ketones is 1. The Morgan fingerprint density at radius 3 is 2.28 bits per heavy atom. The molecule has 248 valence electrons.